The Morgan fingerprint density at radius 2 is 1.96 bits per heavy atom. The maximum Gasteiger partial charge on any atom is 0.230 e. The van der Waals surface area contributed by atoms with Crippen LogP contribution >= 0.6 is 0 Å². The third-order valence-corrected chi connectivity index (χ3v) is 6.10. The molecular weight excluding hydrogens is 348 g/mol. The van der Waals surface area contributed by atoms with Gasteiger partial charge in [0.25, 0.3) is 0 Å². The van der Waals surface area contributed by atoms with Crippen LogP contribution in [0.5, 0.6) is 0 Å². The van der Waals surface area contributed by atoms with E-state index in [1.807, 2.05) is 16.7 Å². The monoisotopic (exact) mass is 376 g/mol. The minimum atomic E-state index is -0.377. The number of rotatable bonds is 5. The minimum Gasteiger partial charge on any atom is -0.379 e. The van der Waals surface area contributed by atoms with Crippen molar-refractivity contribution in [2.24, 2.45) is 5.41 Å². The van der Waals surface area contributed by atoms with E-state index in [0.717, 1.165) is 64.5 Å². The topological polar surface area (TPSA) is 79.1 Å². The van der Waals surface area contributed by atoms with E-state index in [2.05, 4.69) is 10.1 Å². The van der Waals surface area contributed by atoms with Crippen molar-refractivity contribution in [2.45, 2.75) is 26.2 Å². The zero-order chi connectivity index (χ0) is 18.9. The summed E-state index contributed by atoms with van der Waals surface area (Å²) < 4.78 is 10.5. The molecule has 4 rings (SSSR count). The number of amides is 2. The molecule has 1 aromatic rings. The van der Waals surface area contributed by atoms with E-state index in [1.54, 1.807) is 6.07 Å². The number of carbonyl (C=O) groups is 2. The van der Waals surface area contributed by atoms with Gasteiger partial charge in [0.05, 0.1) is 30.7 Å². The fourth-order valence-corrected chi connectivity index (χ4v) is 4.42. The summed E-state index contributed by atoms with van der Waals surface area (Å²) in [7, 11) is 0. The van der Waals surface area contributed by atoms with Gasteiger partial charge in [-0.25, -0.2) is 0 Å². The zero-order valence-corrected chi connectivity index (χ0v) is 16.0. The molecule has 1 aromatic heterocycles. The molecule has 148 valence electrons. The van der Waals surface area contributed by atoms with Crippen molar-refractivity contribution in [3.63, 3.8) is 0 Å². The smallest absolute Gasteiger partial charge is 0.230 e. The van der Waals surface area contributed by atoms with Crippen LogP contribution < -0.4 is 0 Å². The standard InChI is InChI=1S/C19H28N4O4/c1-15-12-16(27-20-15)13-17(24)23-5-3-19(14-23)2-4-22(18(19)25)7-6-21-8-10-26-11-9-21/h12H,2-11,13-14H2,1H3. The summed E-state index contributed by atoms with van der Waals surface area (Å²) in [6.45, 7) is 8.93. The summed E-state index contributed by atoms with van der Waals surface area (Å²) in [6.07, 6.45) is 1.83. The van der Waals surface area contributed by atoms with E-state index < -0.39 is 0 Å². The van der Waals surface area contributed by atoms with Crippen LogP contribution in [0, 0.1) is 12.3 Å². The van der Waals surface area contributed by atoms with Crippen LogP contribution in [0.15, 0.2) is 10.6 Å². The van der Waals surface area contributed by atoms with Crippen LogP contribution in [0.3, 0.4) is 0 Å². The Morgan fingerprint density at radius 1 is 1.19 bits per heavy atom. The number of hydrogen-bond donors (Lipinski definition) is 0. The first-order valence-corrected chi connectivity index (χ1v) is 9.85. The number of ether oxygens (including phenoxy) is 1. The molecule has 3 saturated heterocycles. The summed E-state index contributed by atoms with van der Waals surface area (Å²) in [5, 5.41) is 3.83. The first kappa shape index (κ1) is 18.4. The first-order chi connectivity index (χ1) is 13.1. The molecule has 1 atom stereocenters. The number of hydrogen-bond acceptors (Lipinski definition) is 6. The minimum absolute atomic E-state index is 0.0163. The lowest BCUT2D eigenvalue weighted by Crippen LogP contribution is -2.44. The molecule has 1 unspecified atom stereocenters. The van der Waals surface area contributed by atoms with E-state index in [0.29, 0.717) is 18.8 Å². The van der Waals surface area contributed by atoms with Crippen molar-refractivity contribution in [3.8, 4) is 0 Å². The molecule has 3 aliphatic rings. The van der Waals surface area contributed by atoms with Gasteiger partial charge in [-0.1, -0.05) is 5.16 Å². The highest BCUT2D eigenvalue weighted by molar-refractivity contribution is 5.87. The van der Waals surface area contributed by atoms with Crippen molar-refractivity contribution >= 4 is 11.8 Å². The fourth-order valence-electron chi connectivity index (χ4n) is 4.42. The third-order valence-electron chi connectivity index (χ3n) is 6.10. The Morgan fingerprint density at radius 3 is 2.70 bits per heavy atom. The molecule has 4 heterocycles. The van der Waals surface area contributed by atoms with Gasteiger partial charge in [-0.3, -0.25) is 14.5 Å². The van der Waals surface area contributed by atoms with Crippen molar-refractivity contribution in [1.29, 1.82) is 0 Å². The van der Waals surface area contributed by atoms with Crippen molar-refractivity contribution < 1.29 is 18.8 Å². The molecule has 0 bridgehead atoms. The normalized spacial score (nSPS) is 26.5. The molecule has 0 N–H and O–H groups in total. The number of aryl methyl sites for hydroxylation is 1. The van der Waals surface area contributed by atoms with Crippen LogP contribution in [-0.2, 0) is 20.7 Å². The van der Waals surface area contributed by atoms with Gasteiger partial charge in [0.1, 0.15) is 5.76 Å². The molecule has 8 nitrogen and oxygen atoms in total. The second-order valence-corrected chi connectivity index (χ2v) is 7.95. The number of aromatic nitrogens is 1. The molecule has 2 amide bonds. The van der Waals surface area contributed by atoms with Gasteiger partial charge in [-0.15, -0.1) is 0 Å². The predicted molar refractivity (Wildman–Crippen MR) is 97.0 cm³/mol. The highest BCUT2D eigenvalue weighted by atomic mass is 16.5. The van der Waals surface area contributed by atoms with Gasteiger partial charge in [-0.05, 0) is 19.8 Å². The molecule has 0 saturated carbocycles. The maximum absolute atomic E-state index is 13.0. The Hall–Kier alpha value is -1.93. The van der Waals surface area contributed by atoms with Crippen LogP contribution in [0.4, 0.5) is 0 Å². The SMILES string of the molecule is Cc1cc(CC(=O)N2CCC3(CCN(CCN4CCOCC4)C3=O)C2)on1. The fraction of sp³-hybridized carbons (Fsp3) is 0.737. The predicted octanol–water partition coefficient (Wildman–Crippen LogP) is 0.309. The summed E-state index contributed by atoms with van der Waals surface area (Å²) >= 11 is 0. The van der Waals surface area contributed by atoms with Crippen LogP contribution in [0.25, 0.3) is 0 Å². The summed E-state index contributed by atoms with van der Waals surface area (Å²) in [5.74, 6) is 0.826. The third kappa shape index (κ3) is 3.87. The van der Waals surface area contributed by atoms with Crippen LogP contribution in [-0.4, -0.2) is 90.7 Å². The van der Waals surface area contributed by atoms with Crippen LogP contribution in [0.2, 0.25) is 0 Å². The Kier molecular flexibility index (Phi) is 5.19. The van der Waals surface area contributed by atoms with E-state index in [9.17, 15) is 9.59 Å². The highest BCUT2D eigenvalue weighted by Gasteiger charge is 2.51. The van der Waals surface area contributed by atoms with Gasteiger partial charge in [0, 0.05) is 51.9 Å². The molecule has 0 radical (unpaired) electrons. The largest absolute Gasteiger partial charge is 0.379 e. The average molecular weight is 376 g/mol. The molecule has 3 aliphatic heterocycles. The lowest BCUT2D eigenvalue weighted by Gasteiger charge is -2.29. The van der Waals surface area contributed by atoms with Crippen molar-refractivity contribution in [3.05, 3.63) is 17.5 Å². The second-order valence-electron chi connectivity index (χ2n) is 7.95. The van der Waals surface area contributed by atoms with Gasteiger partial charge in [-0.2, -0.15) is 0 Å². The molecule has 0 aromatic carbocycles. The number of carbonyl (C=O) groups excluding carboxylic acids is 2. The van der Waals surface area contributed by atoms with E-state index >= 15 is 0 Å². The van der Waals surface area contributed by atoms with E-state index in [4.69, 9.17) is 9.26 Å². The van der Waals surface area contributed by atoms with E-state index in [-0.39, 0.29) is 23.7 Å². The summed E-state index contributed by atoms with van der Waals surface area (Å²) in [4.78, 5) is 31.8. The Balaban J connectivity index is 1.30. The number of likely N-dealkylation sites (tertiary alicyclic amines) is 2. The van der Waals surface area contributed by atoms with Gasteiger partial charge in [0.2, 0.25) is 11.8 Å². The quantitative estimate of drug-likeness (QED) is 0.736. The molecule has 8 heteroatoms. The van der Waals surface area contributed by atoms with Gasteiger partial charge in [0.15, 0.2) is 0 Å². The van der Waals surface area contributed by atoms with Gasteiger partial charge >= 0.3 is 0 Å². The zero-order valence-electron chi connectivity index (χ0n) is 16.0. The van der Waals surface area contributed by atoms with Crippen molar-refractivity contribution in [2.75, 3.05) is 59.0 Å². The molecule has 3 fully saturated rings. The summed E-state index contributed by atoms with van der Waals surface area (Å²) in [6, 6.07) is 1.79. The number of nitrogens with zero attached hydrogens (tertiary/aromatic N) is 4. The maximum atomic E-state index is 13.0. The lowest BCUT2D eigenvalue weighted by atomic mass is 9.85. The van der Waals surface area contributed by atoms with E-state index in [1.165, 1.54) is 0 Å². The molecule has 0 aliphatic carbocycles. The average Bonchev–Trinajstić information content (AvgIpc) is 3.36. The Bertz CT molecular complexity index is 700. The molecule has 27 heavy (non-hydrogen) atoms. The van der Waals surface area contributed by atoms with Gasteiger partial charge < -0.3 is 19.1 Å². The summed E-state index contributed by atoms with van der Waals surface area (Å²) in [5.41, 5.74) is 0.399. The molecular formula is C19H28N4O4. The van der Waals surface area contributed by atoms with Crippen molar-refractivity contribution in [1.82, 2.24) is 19.9 Å². The Labute approximate surface area is 159 Å². The highest BCUT2D eigenvalue weighted by Crippen LogP contribution is 2.40. The lowest BCUT2D eigenvalue weighted by molar-refractivity contribution is -0.136. The second kappa shape index (κ2) is 7.59. The first-order valence-electron chi connectivity index (χ1n) is 9.85. The number of morpholine rings is 1. The molecule has 1 spiro atoms. The van der Waals surface area contributed by atoms with Crippen LogP contribution in [0.1, 0.15) is 24.3 Å².